The second-order valence-corrected chi connectivity index (χ2v) is 3.34. The molecule has 0 bridgehead atoms. The van der Waals surface area contributed by atoms with E-state index >= 15 is 0 Å². The van der Waals surface area contributed by atoms with Crippen LogP contribution in [0.3, 0.4) is 0 Å². The minimum Gasteiger partial charge on any atom is -0.373 e. The first-order chi connectivity index (χ1) is 6.20. The molecule has 0 aliphatic heterocycles. The number of unbranched alkanes of at least 4 members (excludes halogenated alkanes) is 1. The van der Waals surface area contributed by atoms with Gasteiger partial charge in [-0.15, -0.1) is 0 Å². The van der Waals surface area contributed by atoms with Crippen LogP contribution >= 0.6 is 0 Å². The van der Waals surface area contributed by atoms with Crippen LogP contribution in [-0.4, -0.2) is 12.7 Å². The first-order valence-corrected chi connectivity index (χ1v) is 4.85. The highest BCUT2D eigenvalue weighted by Crippen LogP contribution is 2.07. The standard InChI is InChI=1S/C11H19NO/c1-4-5-6-10(2)9-13-11(3)7-8-12/h11H,2,4-7,9H2,1,3H3. The molecule has 0 radical (unpaired) electrons. The molecule has 0 aliphatic rings. The third-order valence-corrected chi connectivity index (χ3v) is 1.83. The summed E-state index contributed by atoms with van der Waals surface area (Å²) in [5, 5.41) is 8.39. The molecule has 0 aromatic rings. The third-order valence-electron chi connectivity index (χ3n) is 1.83. The SMILES string of the molecule is C=C(CCCC)COC(C)CC#N. The monoisotopic (exact) mass is 181 g/mol. The minimum atomic E-state index is 0.0309. The third kappa shape index (κ3) is 7.55. The van der Waals surface area contributed by atoms with Gasteiger partial charge in [-0.1, -0.05) is 25.5 Å². The summed E-state index contributed by atoms with van der Waals surface area (Å²) in [6.45, 7) is 8.59. The van der Waals surface area contributed by atoms with E-state index in [1.165, 1.54) is 12.8 Å². The van der Waals surface area contributed by atoms with E-state index in [9.17, 15) is 0 Å². The Bertz CT molecular complexity index is 181. The van der Waals surface area contributed by atoms with Crippen molar-refractivity contribution in [3.05, 3.63) is 12.2 Å². The van der Waals surface area contributed by atoms with Crippen molar-refractivity contribution in [3.8, 4) is 6.07 Å². The maximum absolute atomic E-state index is 8.39. The van der Waals surface area contributed by atoms with Gasteiger partial charge in [0.05, 0.1) is 25.2 Å². The Kier molecular flexibility index (Phi) is 7.33. The number of hydrogen-bond donors (Lipinski definition) is 0. The molecule has 13 heavy (non-hydrogen) atoms. The predicted octanol–water partition coefficient (Wildman–Crippen LogP) is 3.05. The zero-order chi connectivity index (χ0) is 10.1. The molecule has 0 fully saturated rings. The van der Waals surface area contributed by atoms with E-state index in [1.807, 2.05) is 6.92 Å². The highest BCUT2D eigenvalue weighted by Gasteiger charge is 2.01. The van der Waals surface area contributed by atoms with Crippen molar-refractivity contribution in [2.24, 2.45) is 0 Å². The smallest absolute Gasteiger partial charge is 0.0681 e. The normalized spacial score (nSPS) is 12.1. The highest BCUT2D eigenvalue weighted by molar-refractivity contribution is 4.94. The van der Waals surface area contributed by atoms with E-state index in [0.717, 1.165) is 12.0 Å². The molecule has 0 saturated heterocycles. The van der Waals surface area contributed by atoms with Crippen molar-refractivity contribution in [2.45, 2.75) is 45.6 Å². The Balaban J connectivity index is 3.41. The van der Waals surface area contributed by atoms with Gasteiger partial charge in [0.2, 0.25) is 0 Å². The molecule has 0 aromatic heterocycles. The summed E-state index contributed by atoms with van der Waals surface area (Å²) in [6.07, 6.45) is 3.89. The van der Waals surface area contributed by atoms with Gasteiger partial charge in [0.15, 0.2) is 0 Å². The van der Waals surface area contributed by atoms with Crippen molar-refractivity contribution in [1.29, 1.82) is 5.26 Å². The van der Waals surface area contributed by atoms with Crippen LogP contribution in [0.4, 0.5) is 0 Å². The van der Waals surface area contributed by atoms with Crippen LogP contribution in [0.15, 0.2) is 12.2 Å². The fourth-order valence-electron chi connectivity index (χ4n) is 0.947. The summed E-state index contributed by atoms with van der Waals surface area (Å²) in [7, 11) is 0. The molecule has 0 aliphatic carbocycles. The van der Waals surface area contributed by atoms with Gasteiger partial charge >= 0.3 is 0 Å². The summed E-state index contributed by atoms with van der Waals surface area (Å²) in [5.41, 5.74) is 1.13. The molecular formula is C11H19NO. The molecule has 74 valence electrons. The lowest BCUT2D eigenvalue weighted by Gasteiger charge is -2.10. The Morgan fingerprint density at radius 2 is 2.31 bits per heavy atom. The lowest BCUT2D eigenvalue weighted by atomic mass is 10.1. The molecule has 0 heterocycles. The van der Waals surface area contributed by atoms with Crippen LogP contribution in [0.5, 0.6) is 0 Å². The van der Waals surface area contributed by atoms with Gasteiger partial charge in [-0.3, -0.25) is 0 Å². The zero-order valence-electron chi connectivity index (χ0n) is 8.68. The summed E-state index contributed by atoms with van der Waals surface area (Å²) >= 11 is 0. The fourth-order valence-corrected chi connectivity index (χ4v) is 0.947. The van der Waals surface area contributed by atoms with E-state index in [4.69, 9.17) is 10.00 Å². The van der Waals surface area contributed by atoms with Gasteiger partial charge in [-0.25, -0.2) is 0 Å². The summed E-state index contributed by atoms with van der Waals surface area (Å²) in [6, 6.07) is 2.08. The van der Waals surface area contributed by atoms with Gasteiger partial charge in [-0.2, -0.15) is 5.26 Å². The second kappa shape index (κ2) is 7.82. The van der Waals surface area contributed by atoms with Crippen molar-refractivity contribution in [2.75, 3.05) is 6.61 Å². The van der Waals surface area contributed by atoms with Crippen LogP contribution < -0.4 is 0 Å². The molecule has 0 spiro atoms. The van der Waals surface area contributed by atoms with E-state index in [1.54, 1.807) is 0 Å². The Morgan fingerprint density at radius 3 is 2.85 bits per heavy atom. The quantitative estimate of drug-likeness (QED) is 0.565. The van der Waals surface area contributed by atoms with Crippen molar-refractivity contribution in [1.82, 2.24) is 0 Å². The van der Waals surface area contributed by atoms with Gasteiger partial charge in [0.1, 0.15) is 0 Å². The first kappa shape index (κ1) is 12.2. The van der Waals surface area contributed by atoms with Crippen LogP contribution in [0.1, 0.15) is 39.5 Å². The average molecular weight is 181 g/mol. The van der Waals surface area contributed by atoms with E-state index in [-0.39, 0.29) is 6.10 Å². The Morgan fingerprint density at radius 1 is 1.62 bits per heavy atom. The van der Waals surface area contributed by atoms with Crippen molar-refractivity contribution in [3.63, 3.8) is 0 Å². The summed E-state index contributed by atoms with van der Waals surface area (Å²) in [5.74, 6) is 0. The number of rotatable bonds is 7. The molecule has 0 saturated carbocycles. The summed E-state index contributed by atoms with van der Waals surface area (Å²) < 4.78 is 5.42. The van der Waals surface area contributed by atoms with E-state index in [0.29, 0.717) is 13.0 Å². The maximum Gasteiger partial charge on any atom is 0.0681 e. The number of hydrogen-bond acceptors (Lipinski definition) is 2. The van der Waals surface area contributed by atoms with Crippen molar-refractivity contribution >= 4 is 0 Å². The highest BCUT2D eigenvalue weighted by atomic mass is 16.5. The van der Waals surface area contributed by atoms with Crippen molar-refractivity contribution < 1.29 is 4.74 Å². The molecule has 0 rings (SSSR count). The molecular weight excluding hydrogens is 162 g/mol. The van der Waals surface area contributed by atoms with Gasteiger partial charge in [0, 0.05) is 0 Å². The molecule has 0 amide bonds. The molecule has 0 N–H and O–H groups in total. The van der Waals surface area contributed by atoms with E-state index < -0.39 is 0 Å². The number of nitriles is 1. The number of nitrogens with zero attached hydrogens (tertiary/aromatic N) is 1. The second-order valence-electron chi connectivity index (χ2n) is 3.34. The van der Waals surface area contributed by atoms with Crippen LogP contribution in [0, 0.1) is 11.3 Å². The molecule has 2 nitrogen and oxygen atoms in total. The molecule has 0 aromatic carbocycles. The average Bonchev–Trinajstić information content (AvgIpc) is 2.12. The fraction of sp³-hybridized carbons (Fsp3) is 0.727. The zero-order valence-corrected chi connectivity index (χ0v) is 8.68. The topological polar surface area (TPSA) is 33.0 Å². The maximum atomic E-state index is 8.39. The Hall–Kier alpha value is -0.810. The first-order valence-electron chi connectivity index (χ1n) is 4.85. The van der Waals surface area contributed by atoms with Crippen LogP contribution in [0.25, 0.3) is 0 Å². The molecule has 2 heteroatoms. The van der Waals surface area contributed by atoms with Crippen LogP contribution in [-0.2, 0) is 4.74 Å². The lowest BCUT2D eigenvalue weighted by Crippen LogP contribution is -2.09. The van der Waals surface area contributed by atoms with Crippen LogP contribution in [0.2, 0.25) is 0 Å². The largest absolute Gasteiger partial charge is 0.373 e. The minimum absolute atomic E-state index is 0.0309. The van der Waals surface area contributed by atoms with E-state index in [2.05, 4.69) is 19.6 Å². The summed E-state index contributed by atoms with van der Waals surface area (Å²) in [4.78, 5) is 0. The molecule has 1 atom stereocenters. The van der Waals surface area contributed by atoms with Gasteiger partial charge < -0.3 is 4.74 Å². The van der Waals surface area contributed by atoms with Gasteiger partial charge in [0.25, 0.3) is 0 Å². The number of ether oxygens (including phenoxy) is 1. The lowest BCUT2D eigenvalue weighted by molar-refractivity contribution is 0.0856. The Labute approximate surface area is 81.2 Å². The molecule has 1 unspecified atom stereocenters. The van der Waals surface area contributed by atoms with Gasteiger partial charge in [-0.05, 0) is 19.8 Å². The predicted molar refractivity (Wildman–Crippen MR) is 54.3 cm³/mol.